The summed E-state index contributed by atoms with van der Waals surface area (Å²) in [6, 6.07) is 58.0. The zero-order valence-corrected chi connectivity index (χ0v) is 31.0. The summed E-state index contributed by atoms with van der Waals surface area (Å²) >= 11 is 1.88. The highest BCUT2D eigenvalue weighted by Gasteiger charge is 2.61. The van der Waals surface area contributed by atoms with E-state index < -0.39 is 0 Å². The molecule has 4 bridgehead atoms. The number of fused-ring (bicyclic) bond motifs is 9. The molecule has 0 N–H and O–H groups in total. The van der Waals surface area contributed by atoms with Gasteiger partial charge in [-0.05, 0) is 149 Å². The highest BCUT2D eigenvalue weighted by atomic mass is 32.1. The number of nitrogens with zero attached hydrogens (tertiary/aromatic N) is 1. The van der Waals surface area contributed by atoms with Crippen molar-refractivity contribution in [1.82, 2.24) is 4.57 Å². The topological polar surface area (TPSA) is 4.93 Å². The molecule has 1 nitrogen and oxygen atoms in total. The van der Waals surface area contributed by atoms with E-state index in [-0.39, 0.29) is 5.41 Å². The fourth-order valence-electron chi connectivity index (χ4n) is 12.5. The molecule has 2 heterocycles. The second kappa shape index (κ2) is 10.8. The van der Waals surface area contributed by atoms with Gasteiger partial charge in [0, 0.05) is 42.0 Å². The highest BCUT2D eigenvalue weighted by molar-refractivity contribution is 7.25. The van der Waals surface area contributed by atoms with Gasteiger partial charge in [-0.3, -0.25) is 0 Å². The lowest BCUT2D eigenvalue weighted by atomic mass is 9.43. The normalized spacial score (nSPS) is 23.6. The molecule has 14 rings (SSSR count). The molecular formula is C52H39NS. The Morgan fingerprint density at radius 2 is 1.04 bits per heavy atom. The smallest absolute Gasteiger partial charge is 0.0547 e. The van der Waals surface area contributed by atoms with Crippen molar-refractivity contribution in [3.8, 4) is 39.1 Å². The van der Waals surface area contributed by atoms with Gasteiger partial charge in [0.15, 0.2) is 0 Å². The van der Waals surface area contributed by atoms with Crippen molar-refractivity contribution in [2.75, 3.05) is 0 Å². The van der Waals surface area contributed by atoms with Crippen LogP contribution in [0.5, 0.6) is 0 Å². The first-order chi connectivity index (χ1) is 26.7. The van der Waals surface area contributed by atoms with Crippen LogP contribution in [0.1, 0.15) is 43.2 Å². The van der Waals surface area contributed by atoms with E-state index in [1.165, 1.54) is 113 Å². The first-order valence-electron chi connectivity index (χ1n) is 20.0. The van der Waals surface area contributed by atoms with Gasteiger partial charge in [-0.15, -0.1) is 11.3 Å². The molecule has 0 saturated heterocycles. The Morgan fingerprint density at radius 1 is 0.426 bits per heavy atom. The average Bonchev–Trinajstić information content (AvgIpc) is 3.85. The lowest BCUT2D eigenvalue weighted by Gasteiger charge is -2.61. The van der Waals surface area contributed by atoms with Crippen molar-refractivity contribution in [2.24, 2.45) is 23.7 Å². The van der Waals surface area contributed by atoms with Gasteiger partial charge < -0.3 is 4.57 Å². The molecule has 9 aromatic rings. The molecule has 0 atom stereocenters. The molecule has 4 fully saturated rings. The Labute approximate surface area is 319 Å². The van der Waals surface area contributed by atoms with Crippen molar-refractivity contribution in [3.63, 3.8) is 0 Å². The van der Waals surface area contributed by atoms with Crippen LogP contribution in [0.25, 0.3) is 81.0 Å². The number of rotatable bonds is 3. The summed E-state index contributed by atoms with van der Waals surface area (Å²) in [7, 11) is 0. The zero-order valence-electron chi connectivity index (χ0n) is 30.1. The molecular weight excluding hydrogens is 671 g/mol. The quantitative estimate of drug-likeness (QED) is 0.172. The van der Waals surface area contributed by atoms with Crippen LogP contribution in [-0.4, -0.2) is 4.57 Å². The molecule has 258 valence electrons. The van der Waals surface area contributed by atoms with Gasteiger partial charge in [0.25, 0.3) is 0 Å². The number of benzene rings is 7. The van der Waals surface area contributed by atoms with Gasteiger partial charge in [0.05, 0.1) is 11.0 Å². The monoisotopic (exact) mass is 709 g/mol. The summed E-state index contributed by atoms with van der Waals surface area (Å²) in [5.74, 6) is 3.46. The number of thiophene rings is 1. The molecule has 0 unspecified atom stereocenters. The highest BCUT2D eigenvalue weighted by Crippen LogP contribution is 2.69. The summed E-state index contributed by atoms with van der Waals surface area (Å²) in [6.07, 6.45) is 7.15. The summed E-state index contributed by atoms with van der Waals surface area (Å²) < 4.78 is 5.16. The fourth-order valence-corrected chi connectivity index (χ4v) is 13.6. The standard InChI is InChI=1S/C52H39NS/c1-4-10-46-40(7-1)41-20-15-35(29-47(41)52(46)37-24-31-23-32(26-37)27-38(52)25-31)33-13-18-39(19-14-33)53-48-11-5-2-8-42(48)43-21-16-36(30-49(43)53)34-17-22-51-45(28-34)44-9-3-6-12-50(44)54-51/h1-22,28-32,37-38H,23-27H2. The van der Waals surface area contributed by atoms with E-state index in [0.29, 0.717) is 0 Å². The Hall–Kier alpha value is -5.44. The third-order valence-electron chi connectivity index (χ3n) is 14.4. The molecule has 54 heavy (non-hydrogen) atoms. The van der Waals surface area contributed by atoms with E-state index >= 15 is 0 Å². The second-order valence-corrected chi connectivity index (χ2v) is 18.0. The van der Waals surface area contributed by atoms with E-state index in [1.54, 1.807) is 11.1 Å². The van der Waals surface area contributed by atoms with Crippen molar-refractivity contribution < 1.29 is 0 Å². The summed E-state index contributed by atoms with van der Waals surface area (Å²) in [5.41, 5.74) is 15.3. The lowest BCUT2D eigenvalue weighted by Crippen LogP contribution is -2.55. The summed E-state index contributed by atoms with van der Waals surface area (Å²) in [4.78, 5) is 0. The van der Waals surface area contributed by atoms with Crippen molar-refractivity contribution in [1.29, 1.82) is 0 Å². The van der Waals surface area contributed by atoms with Crippen LogP contribution in [0.15, 0.2) is 152 Å². The molecule has 0 aliphatic heterocycles. The van der Waals surface area contributed by atoms with E-state index in [4.69, 9.17) is 0 Å². The lowest BCUT2D eigenvalue weighted by molar-refractivity contribution is -0.0399. The predicted octanol–water partition coefficient (Wildman–Crippen LogP) is 14.2. The van der Waals surface area contributed by atoms with E-state index in [9.17, 15) is 0 Å². The van der Waals surface area contributed by atoms with Crippen molar-refractivity contribution >= 4 is 53.3 Å². The van der Waals surface area contributed by atoms with Crippen LogP contribution in [0, 0.1) is 23.7 Å². The molecule has 2 heteroatoms. The number of para-hydroxylation sites is 1. The molecule has 0 radical (unpaired) electrons. The van der Waals surface area contributed by atoms with Gasteiger partial charge in [-0.25, -0.2) is 0 Å². The number of hydrogen-bond acceptors (Lipinski definition) is 1. The SMILES string of the molecule is c1ccc2c(c1)-c1ccc(-c3ccc(-n4c5ccccc5c5ccc(-c6ccc7sc8ccccc8c7c6)cc54)cc3)cc1C21C2CC3CC(C2)CC1C3. The average molecular weight is 710 g/mol. The third-order valence-corrected chi connectivity index (χ3v) is 15.5. The van der Waals surface area contributed by atoms with Crippen LogP contribution in [0.2, 0.25) is 0 Å². The van der Waals surface area contributed by atoms with Gasteiger partial charge in [-0.2, -0.15) is 0 Å². The van der Waals surface area contributed by atoms with Crippen LogP contribution >= 0.6 is 11.3 Å². The fraction of sp³-hybridized carbons (Fsp3) is 0.192. The maximum absolute atomic E-state index is 2.62. The van der Waals surface area contributed by atoms with Gasteiger partial charge >= 0.3 is 0 Å². The molecule has 4 saturated carbocycles. The van der Waals surface area contributed by atoms with E-state index in [2.05, 4.69) is 156 Å². The van der Waals surface area contributed by atoms with Crippen LogP contribution < -0.4 is 0 Å². The largest absolute Gasteiger partial charge is 0.309 e. The molecule has 0 amide bonds. The molecule has 5 aliphatic carbocycles. The van der Waals surface area contributed by atoms with Crippen molar-refractivity contribution in [2.45, 2.75) is 37.5 Å². The van der Waals surface area contributed by atoms with Gasteiger partial charge in [0.1, 0.15) is 0 Å². The minimum absolute atomic E-state index is 0.191. The van der Waals surface area contributed by atoms with Crippen molar-refractivity contribution in [3.05, 3.63) is 163 Å². The molecule has 5 aliphatic rings. The Bertz CT molecular complexity index is 2980. The third kappa shape index (κ3) is 3.94. The number of aromatic nitrogens is 1. The first-order valence-corrected chi connectivity index (χ1v) is 20.8. The Morgan fingerprint density at radius 3 is 1.89 bits per heavy atom. The Balaban J connectivity index is 0.925. The minimum atomic E-state index is 0.191. The van der Waals surface area contributed by atoms with Crippen LogP contribution in [-0.2, 0) is 5.41 Å². The van der Waals surface area contributed by atoms with E-state index in [1.807, 2.05) is 11.3 Å². The van der Waals surface area contributed by atoms with E-state index in [0.717, 1.165) is 23.7 Å². The second-order valence-electron chi connectivity index (χ2n) is 16.9. The van der Waals surface area contributed by atoms with Gasteiger partial charge in [0.2, 0.25) is 0 Å². The predicted molar refractivity (Wildman–Crippen MR) is 228 cm³/mol. The number of hydrogen-bond donors (Lipinski definition) is 0. The van der Waals surface area contributed by atoms with Gasteiger partial charge in [-0.1, -0.05) is 103 Å². The maximum atomic E-state index is 2.62. The molecule has 7 aromatic carbocycles. The molecule has 2 aromatic heterocycles. The van der Waals surface area contributed by atoms with Crippen LogP contribution in [0.3, 0.4) is 0 Å². The summed E-state index contributed by atoms with van der Waals surface area (Å²) in [5, 5.41) is 5.27. The van der Waals surface area contributed by atoms with Crippen LogP contribution in [0.4, 0.5) is 0 Å². The first kappa shape index (κ1) is 29.9. The molecule has 1 spiro atoms. The Kier molecular flexibility index (Phi) is 6.01. The maximum Gasteiger partial charge on any atom is 0.0547 e. The zero-order chi connectivity index (χ0) is 35.1. The minimum Gasteiger partial charge on any atom is -0.309 e. The summed E-state index contributed by atoms with van der Waals surface area (Å²) in [6.45, 7) is 0.